The van der Waals surface area contributed by atoms with Gasteiger partial charge in [-0.25, -0.2) is 17.5 Å². The highest BCUT2D eigenvalue weighted by atomic mass is 32.2. The van der Waals surface area contributed by atoms with Crippen molar-refractivity contribution in [2.45, 2.75) is 44.0 Å². The minimum atomic E-state index is -3.69. The Morgan fingerprint density at radius 3 is 2.57 bits per heavy atom. The Hall–Kier alpha value is -1.72. The van der Waals surface area contributed by atoms with Gasteiger partial charge in [0.25, 0.3) is 0 Å². The maximum atomic E-state index is 13.2. The van der Waals surface area contributed by atoms with Crippen molar-refractivity contribution in [1.29, 1.82) is 0 Å². The number of benzene rings is 2. The molecule has 3 nitrogen and oxygen atoms in total. The predicted molar refractivity (Wildman–Crippen MR) is 88.3 cm³/mol. The second-order valence-corrected chi connectivity index (χ2v) is 7.82. The van der Waals surface area contributed by atoms with Crippen LogP contribution in [0.1, 0.15) is 41.6 Å². The van der Waals surface area contributed by atoms with Crippen LogP contribution < -0.4 is 4.72 Å². The standard InChI is InChI=1S/C18H20FNO2S/c1-12-10-17(19)8-9-18(12)23(21,22)20-13(2)15-7-6-14-4-3-5-16(14)11-15/h6-11,13,20H,3-5H2,1-2H3. The maximum absolute atomic E-state index is 13.2. The maximum Gasteiger partial charge on any atom is 0.241 e. The summed E-state index contributed by atoms with van der Waals surface area (Å²) in [5.41, 5.74) is 4.03. The first-order valence-electron chi connectivity index (χ1n) is 7.77. The molecule has 0 aromatic heterocycles. The molecule has 0 aliphatic heterocycles. The molecule has 0 amide bonds. The first kappa shape index (κ1) is 16.1. The van der Waals surface area contributed by atoms with Crippen molar-refractivity contribution in [3.8, 4) is 0 Å². The molecule has 23 heavy (non-hydrogen) atoms. The van der Waals surface area contributed by atoms with Gasteiger partial charge in [-0.15, -0.1) is 0 Å². The van der Waals surface area contributed by atoms with Crippen LogP contribution in [0, 0.1) is 12.7 Å². The van der Waals surface area contributed by atoms with Gasteiger partial charge in [0.1, 0.15) is 5.82 Å². The fraction of sp³-hybridized carbons (Fsp3) is 0.333. The van der Waals surface area contributed by atoms with Crippen LogP contribution in [0.2, 0.25) is 0 Å². The van der Waals surface area contributed by atoms with Crippen LogP contribution in [0.15, 0.2) is 41.3 Å². The zero-order valence-corrected chi connectivity index (χ0v) is 14.1. The number of fused-ring (bicyclic) bond motifs is 1. The Bertz CT molecular complexity index is 846. The number of halogens is 1. The third kappa shape index (κ3) is 3.31. The predicted octanol–water partition coefficient (Wildman–Crippen LogP) is 3.66. The highest BCUT2D eigenvalue weighted by molar-refractivity contribution is 7.89. The Balaban J connectivity index is 1.85. The van der Waals surface area contributed by atoms with E-state index >= 15 is 0 Å². The van der Waals surface area contributed by atoms with Crippen molar-refractivity contribution in [2.75, 3.05) is 0 Å². The Morgan fingerprint density at radius 2 is 1.83 bits per heavy atom. The molecule has 3 rings (SSSR count). The summed E-state index contributed by atoms with van der Waals surface area (Å²) >= 11 is 0. The topological polar surface area (TPSA) is 46.2 Å². The Morgan fingerprint density at radius 1 is 1.09 bits per heavy atom. The normalized spacial score (nSPS) is 15.4. The van der Waals surface area contributed by atoms with Gasteiger partial charge in [-0.3, -0.25) is 0 Å². The lowest BCUT2D eigenvalue weighted by Crippen LogP contribution is -2.27. The lowest BCUT2D eigenvalue weighted by atomic mass is 10.0. The van der Waals surface area contributed by atoms with Gasteiger partial charge in [0.2, 0.25) is 10.0 Å². The fourth-order valence-electron chi connectivity index (χ4n) is 3.14. The SMILES string of the molecule is Cc1cc(F)ccc1S(=O)(=O)NC(C)c1ccc2c(c1)CCC2. The molecule has 0 fully saturated rings. The van der Waals surface area contributed by atoms with E-state index in [0.717, 1.165) is 24.8 Å². The largest absolute Gasteiger partial charge is 0.241 e. The fourth-order valence-corrected chi connectivity index (χ4v) is 4.60. The van der Waals surface area contributed by atoms with Crippen molar-refractivity contribution >= 4 is 10.0 Å². The van der Waals surface area contributed by atoms with Gasteiger partial charge >= 0.3 is 0 Å². The minimum absolute atomic E-state index is 0.118. The van der Waals surface area contributed by atoms with Crippen LogP contribution in [0.5, 0.6) is 0 Å². The summed E-state index contributed by atoms with van der Waals surface area (Å²) in [6, 6.07) is 9.53. The van der Waals surface area contributed by atoms with Crippen LogP contribution >= 0.6 is 0 Å². The molecule has 0 spiro atoms. The molecule has 122 valence electrons. The van der Waals surface area contributed by atoms with E-state index in [4.69, 9.17) is 0 Å². The molecule has 1 N–H and O–H groups in total. The van der Waals surface area contributed by atoms with E-state index in [1.54, 1.807) is 6.92 Å². The summed E-state index contributed by atoms with van der Waals surface area (Å²) in [6.45, 7) is 3.42. The van der Waals surface area contributed by atoms with Crippen LogP contribution in [-0.2, 0) is 22.9 Å². The molecule has 2 aromatic carbocycles. The van der Waals surface area contributed by atoms with Crippen LogP contribution in [-0.4, -0.2) is 8.42 Å². The number of sulfonamides is 1. The van der Waals surface area contributed by atoms with E-state index in [1.807, 2.05) is 13.0 Å². The molecule has 1 unspecified atom stereocenters. The molecular weight excluding hydrogens is 313 g/mol. The van der Waals surface area contributed by atoms with Gasteiger partial charge in [-0.2, -0.15) is 0 Å². The van der Waals surface area contributed by atoms with E-state index in [-0.39, 0.29) is 10.9 Å². The summed E-state index contributed by atoms with van der Waals surface area (Å²) in [7, 11) is -3.69. The molecule has 5 heteroatoms. The van der Waals surface area contributed by atoms with Gasteiger partial charge in [-0.05, 0) is 73.6 Å². The first-order chi connectivity index (χ1) is 10.9. The second kappa shape index (κ2) is 6.06. The summed E-state index contributed by atoms with van der Waals surface area (Å²) in [5, 5.41) is 0. The molecule has 2 aromatic rings. The average Bonchev–Trinajstić information content (AvgIpc) is 2.93. The molecule has 0 bridgehead atoms. The Kier molecular flexibility index (Phi) is 4.25. The molecule has 1 aliphatic carbocycles. The van der Waals surface area contributed by atoms with Crippen molar-refractivity contribution in [2.24, 2.45) is 0 Å². The second-order valence-electron chi connectivity index (χ2n) is 6.13. The average molecular weight is 333 g/mol. The van der Waals surface area contributed by atoms with Crippen molar-refractivity contribution in [3.05, 3.63) is 64.5 Å². The molecule has 0 radical (unpaired) electrons. The van der Waals surface area contributed by atoms with E-state index in [1.165, 1.54) is 29.3 Å². The van der Waals surface area contributed by atoms with Gasteiger partial charge < -0.3 is 0 Å². The lowest BCUT2D eigenvalue weighted by molar-refractivity contribution is 0.565. The van der Waals surface area contributed by atoms with E-state index in [2.05, 4.69) is 16.9 Å². The van der Waals surface area contributed by atoms with Crippen molar-refractivity contribution in [1.82, 2.24) is 4.72 Å². The third-order valence-electron chi connectivity index (χ3n) is 4.38. The minimum Gasteiger partial charge on any atom is -0.207 e. The van der Waals surface area contributed by atoms with E-state index < -0.39 is 15.8 Å². The van der Waals surface area contributed by atoms with Gasteiger partial charge in [0, 0.05) is 6.04 Å². The van der Waals surface area contributed by atoms with Crippen LogP contribution in [0.4, 0.5) is 4.39 Å². The molecule has 1 aliphatic rings. The monoisotopic (exact) mass is 333 g/mol. The van der Waals surface area contributed by atoms with E-state index in [0.29, 0.717) is 5.56 Å². The number of rotatable bonds is 4. The Labute approximate surface area is 136 Å². The van der Waals surface area contributed by atoms with Crippen molar-refractivity contribution < 1.29 is 12.8 Å². The molecule has 0 heterocycles. The first-order valence-corrected chi connectivity index (χ1v) is 9.25. The van der Waals surface area contributed by atoms with Crippen LogP contribution in [0.3, 0.4) is 0 Å². The molecule has 0 saturated heterocycles. The number of hydrogen-bond acceptors (Lipinski definition) is 2. The molecule has 1 atom stereocenters. The van der Waals surface area contributed by atoms with Crippen LogP contribution in [0.25, 0.3) is 0 Å². The van der Waals surface area contributed by atoms with Gasteiger partial charge in [0.05, 0.1) is 4.90 Å². The smallest absolute Gasteiger partial charge is 0.207 e. The van der Waals surface area contributed by atoms with E-state index in [9.17, 15) is 12.8 Å². The summed E-state index contributed by atoms with van der Waals surface area (Å²) in [4.78, 5) is 0.118. The molecular formula is C18H20FNO2S. The zero-order chi connectivity index (χ0) is 16.6. The third-order valence-corrected chi connectivity index (χ3v) is 6.08. The number of aryl methyl sites for hydroxylation is 3. The highest BCUT2D eigenvalue weighted by Gasteiger charge is 2.21. The molecule has 0 saturated carbocycles. The highest BCUT2D eigenvalue weighted by Crippen LogP contribution is 2.26. The lowest BCUT2D eigenvalue weighted by Gasteiger charge is -2.17. The van der Waals surface area contributed by atoms with Crippen molar-refractivity contribution in [3.63, 3.8) is 0 Å². The zero-order valence-electron chi connectivity index (χ0n) is 13.3. The van der Waals surface area contributed by atoms with Gasteiger partial charge in [0.15, 0.2) is 0 Å². The van der Waals surface area contributed by atoms with Gasteiger partial charge in [-0.1, -0.05) is 18.2 Å². The number of nitrogens with one attached hydrogen (secondary N) is 1. The summed E-state index contributed by atoms with van der Waals surface area (Å²) in [5.74, 6) is -0.437. The quantitative estimate of drug-likeness (QED) is 0.928. The summed E-state index contributed by atoms with van der Waals surface area (Å²) < 4.78 is 41.0. The number of hydrogen-bond donors (Lipinski definition) is 1. The summed E-state index contributed by atoms with van der Waals surface area (Å²) in [6.07, 6.45) is 3.32.